The number of hydrogen-bond donors (Lipinski definition) is 0. The van der Waals surface area contributed by atoms with Crippen molar-refractivity contribution in [1.82, 2.24) is 0 Å². The van der Waals surface area contributed by atoms with Gasteiger partial charge in [-0.25, -0.2) is 0 Å². The first kappa shape index (κ1) is 15.2. The Hall–Kier alpha value is 0.190. The maximum atomic E-state index is 11.6. The lowest BCUT2D eigenvalue weighted by Crippen LogP contribution is -2.18. The zero-order valence-corrected chi connectivity index (χ0v) is 10.0. The van der Waals surface area contributed by atoms with E-state index in [4.69, 9.17) is 0 Å². The number of alkyl halides is 3. The van der Waals surface area contributed by atoms with Gasteiger partial charge in [0.25, 0.3) is 0 Å². The van der Waals surface area contributed by atoms with Crippen molar-refractivity contribution in [3.05, 3.63) is 12.7 Å². The van der Waals surface area contributed by atoms with E-state index in [9.17, 15) is 13.2 Å². The van der Waals surface area contributed by atoms with E-state index in [0.29, 0.717) is 5.75 Å². The number of rotatable bonds is 9. The van der Waals surface area contributed by atoms with E-state index in [1.165, 1.54) is 0 Å². The normalized spacial score (nSPS) is 11.7. The molecule has 90 valence electrons. The first-order valence-electron chi connectivity index (χ1n) is 4.47. The number of halogens is 3. The van der Waals surface area contributed by atoms with Gasteiger partial charge < -0.3 is 4.74 Å². The second kappa shape index (κ2) is 9.42. The third-order valence-electron chi connectivity index (χ3n) is 1.25. The summed E-state index contributed by atoms with van der Waals surface area (Å²) in [4.78, 5) is 0. The molecular formula is C9H15F3OS2. The number of thioether (sulfide) groups is 2. The highest BCUT2D eigenvalue weighted by atomic mass is 32.2. The van der Waals surface area contributed by atoms with E-state index in [1.54, 1.807) is 23.5 Å². The van der Waals surface area contributed by atoms with Crippen LogP contribution in [-0.4, -0.2) is 42.4 Å². The van der Waals surface area contributed by atoms with Gasteiger partial charge in [-0.1, -0.05) is 6.08 Å². The molecular weight excluding hydrogens is 245 g/mol. The summed E-state index contributed by atoms with van der Waals surface area (Å²) in [5.41, 5.74) is 0. The SMILES string of the molecule is C=CCSCCSCCOCC(F)(F)F. The van der Waals surface area contributed by atoms with Crippen LogP contribution >= 0.6 is 23.5 Å². The van der Waals surface area contributed by atoms with Crippen LogP contribution in [0.25, 0.3) is 0 Å². The van der Waals surface area contributed by atoms with Gasteiger partial charge in [0.05, 0.1) is 6.61 Å². The molecule has 0 rings (SSSR count). The van der Waals surface area contributed by atoms with Gasteiger partial charge in [0.15, 0.2) is 0 Å². The molecule has 0 amide bonds. The summed E-state index contributed by atoms with van der Waals surface area (Å²) in [5.74, 6) is 3.47. The van der Waals surface area contributed by atoms with E-state index in [-0.39, 0.29) is 6.61 Å². The molecule has 0 N–H and O–H groups in total. The lowest BCUT2D eigenvalue weighted by molar-refractivity contribution is -0.172. The largest absolute Gasteiger partial charge is 0.411 e. The van der Waals surface area contributed by atoms with Crippen molar-refractivity contribution < 1.29 is 17.9 Å². The van der Waals surface area contributed by atoms with E-state index < -0.39 is 12.8 Å². The molecule has 0 aromatic heterocycles. The Kier molecular flexibility index (Phi) is 9.54. The van der Waals surface area contributed by atoms with Crippen molar-refractivity contribution >= 4 is 23.5 Å². The molecule has 0 spiro atoms. The Labute approximate surface area is 96.8 Å². The average molecular weight is 260 g/mol. The first-order valence-corrected chi connectivity index (χ1v) is 6.78. The summed E-state index contributed by atoms with van der Waals surface area (Å²) < 4.78 is 39.3. The van der Waals surface area contributed by atoms with Crippen molar-refractivity contribution in [2.24, 2.45) is 0 Å². The van der Waals surface area contributed by atoms with Crippen molar-refractivity contribution in [2.75, 3.05) is 36.2 Å². The number of hydrogen-bond acceptors (Lipinski definition) is 3. The quantitative estimate of drug-likeness (QED) is 0.465. The lowest BCUT2D eigenvalue weighted by Gasteiger charge is -2.06. The topological polar surface area (TPSA) is 9.23 Å². The molecule has 6 heteroatoms. The summed E-state index contributed by atoms with van der Waals surface area (Å²) in [7, 11) is 0. The van der Waals surface area contributed by atoms with Crippen LogP contribution in [0.2, 0.25) is 0 Å². The van der Waals surface area contributed by atoms with Crippen molar-refractivity contribution in [3.8, 4) is 0 Å². The molecule has 0 bridgehead atoms. The highest BCUT2D eigenvalue weighted by Crippen LogP contribution is 2.14. The zero-order chi connectivity index (χ0) is 11.6. The fraction of sp³-hybridized carbons (Fsp3) is 0.778. The zero-order valence-electron chi connectivity index (χ0n) is 8.39. The molecule has 0 atom stereocenters. The molecule has 0 aromatic carbocycles. The predicted octanol–water partition coefficient (Wildman–Crippen LogP) is 3.22. The first-order chi connectivity index (χ1) is 7.06. The molecule has 0 aliphatic heterocycles. The Bertz CT molecular complexity index is 162. The second-order valence-electron chi connectivity index (χ2n) is 2.64. The number of ether oxygens (including phenoxy) is 1. The molecule has 0 heterocycles. The average Bonchev–Trinajstić information content (AvgIpc) is 2.14. The fourth-order valence-electron chi connectivity index (χ4n) is 0.692. The van der Waals surface area contributed by atoms with Gasteiger partial charge in [0, 0.05) is 23.0 Å². The molecule has 0 radical (unpaired) electrons. The van der Waals surface area contributed by atoms with Gasteiger partial charge in [-0.05, 0) is 0 Å². The van der Waals surface area contributed by atoms with Gasteiger partial charge in [0.2, 0.25) is 0 Å². The van der Waals surface area contributed by atoms with Crippen LogP contribution in [0, 0.1) is 0 Å². The predicted molar refractivity (Wildman–Crippen MR) is 61.7 cm³/mol. The Morgan fingerprint density at radius 3 is 2.40 bits per heavy atom. The fourth-order valence-corrected chi connectivity index (χ4v) is 2.41. The maximum absolute atomic E-state index is 11.6. The van der Waals surface area contributed by atoms with Crippen molar-refractivity contribution in [1.29, 1.82) is 0 Å². The summed E-state index contributed by atoms with van der Waals surface area (Å²) in [5, 5.41) is 0. The molecule has 1 nitrogen and oxygen atoms in total. The van der Waals surface area contributed by atoms with Gasteiger partial charge >= 0.3 is 6.18 Å². The summed E-state index contributed by atoms with van der Waals surface area (Å²) in [6, 6.07) is 0. The second-order valence-corrected chi connectivity index (χ2v) is 5.02. The molecule has 0 saturated carbocycles. The molecule has 0 fully saturated rings. The minimum absolute atomic E-state index is 0.163. The van der Waals surface area contributed by atoms with Crippen LogP contribution < -0.4 is 0 Å². The van der Waals surface area contributed by atoms with Gasteiger partial charge in [-0.15, -0.1) is 6.58 Å². The third kappa shape index (κ3) is 14.2. The van der Waals surface area contributed by atoms with Crippen LogP contribution in [0.4, 0.5) is 13.2 Å². The summed E-state index contributed by atoms with van der Waals surface area (Å²) in [6.07, 6.45) is -2.37. The van der Waals surface area contributed by atoms with Crippen molar-refractivity contribution in [2.45, 2.75) is 6.18 Å². The lowest BCUT2D eigenvalue weighted by atomic mass is 10.7. The molecule has 0 aromatic rings. The Morgan fingerprint density at radius 2 is 1.80 bits per heavy atom. The van der Waals surface area contributed by atoms with E-state index in [2.05, 4.69) is 11.3 Å². The van der Waals surface area contributed by atoms with Gasteiger partial charge in [-0.3, -0.25) is 0 Å². The standard InChI is InChI=1S/C9H15F3OS2/c1-2-4-14-6-7-15-5-3-13-8-9(10,11)12/h2H,1,3-8H2. The molecule has 0 saturated heterocycles. The van der Waals surface area contributed by atoms with E-state index >= 15 is 0 Å². The van der Waals surface area contributed by atoms with Crippen molar-refractivity contribution in [3.63, 3.8) is 0 Å². The summed E-state index contributed by atoms with van der Waals surface area (Å²) >= 11 is 3.37. The van der Waals surface area contributed by atoms with E-state index in [1.807, 2.05) is 6.08 Å². The summed E-state index contributed by atoms with van der Waals surface area (Å²) in [6.45, 7) is 2.61. The smallest absolute Gasteiger partial charge is 0.371 e. The highest BCUT2D eigenvalue weighted by Gasteiger charge is 2.27. The van der Waals surface area contributed by atoms with E-state index in [0.717, 1.165) is 17.3 Å². The van der Waals surface area contributed by atoms with Crippen LogP contribution in [-0.2, 0) is 4.74 Å². The van der Waals surface area contributed by atoms with Crippen LogP contribution in [0.1, 0.15) is 0 Å². The maximum Gasteiger partial charge on any atom is 0.411 e. The molecule has 0 unspecified atom stereocenters. The van der Waals surface area contributed by atoms with Crippen LogP contribution in [0.5, 0.6) is 0 Å². The third-order valence-corrected chi connectivity index (χ3v) is 3.42. The minimum atomic E-state index is -4.20. The van der Waals surface area contributed by atoms with Gasteiger partial charge in [-0.2, -0.15) is 36.7 Å². The molecule has 15 heavy (non-hydrogen) atoms. The Balaban J connectivity index is 3.02. The van der Waals surface area contributed by atoms with Crippen LogP contribution in [0.3, 0.4) is 0 Å². The minimum Gasteiger partial charge on any atom is -0.371 e. The molecule has 0 aliphatic carbocycles. The van der Waals surface area contributed by atoms with Crippen LogP contribution in [0.15, 0.2) is 12.7 Å². The monoisotopic (exact) mass is 260 g/mol. The highest BCUT2D eigenvalue weighted by molar-refractivity contribution is 8.03. The van der Waals surface area contributed by atoms with Gasteiger partial charge in [0.1, 0.15) is 6.61 Å². The Morgan fingerprint density at radius 1 is 1.13 bits per heavy atom. The molecule has 0 aliphatic rings.